The number of aryl methyl sites for hydroxylation is 1. The van der Waals surface area contributed by atoms with Gasteiger partial charge in [0.05, 0.1) is 0 Å². The maximum atomic E-state index is 6.10. The van der Waals surface area contributed by atoms with E-state index >= 15 is 0 Å². The van der Waals surface area contributed by atoms with Gasteiger partial charge in [0.1, 0.15) is 0 Å². The van der Waals surface area contributed by atoms with Crippen LogP contribution in [0.1, 0.15) is 44.1 Å². The predicted molar refractivity (Wildman–Crippen MR) is 70.9 cm³/mol. The normalized spacial score (nSPS) is 20.3. The molecule has 0 bridgehead atoms. The van der Waals surface area contributed by atoms with E-state index in [1.807, 2.05) is 6.07 Å². The van der Waals surface area contributed by atoms with Crippen molar-refractivity contribution in [2.45, 2.75) is 50.7 Å². The topological polar surface area (TPSA) is 44.5 Å². The number of hydrogen-bond acceptors (Lipinski definition) is 3. The van der Waals surface area contributed by atoms with Crippen LogP contribution in [0.4, 0.5) is 0 Å². The van der Waals surface area contributed by atoms with Crippen LogP contribution < -0.4 is 15.2 Å². The minimum absolute atomic E-state index is 0.354. The number of fused-ring (bicyclic) bond motifs is 1. The summed E-state index contributed by atoms with van der Waals surface area (Å²) in [5.41, 5.74) is 6.83. The Hall–Kier alpha value is -1.22. The molecule has 0 radical (unpaired) electrons. The smallest absolute Gasteiger partial charge is 0.251 e. The molecule has 1 spiro atoms. The van der Waals surface area contributed by atoms with E-state index in [1.54, 1.807) is 0 Å². The second kappa shape index (κ2) is 4.81. The van der Waals surface area contributed by atoms with Crippen LogP contribution in [-0.2, 0) is 6.42 Å². The Morgan fingerprint density at radius 3 is 2.61 bits per heavy atom. The van der Waals surface area contributed by atoms with Gasteiger partial charge >= 0.3 is 0 Å². The fraction of sp³-hybridized carbons (Fsp3) is 0.600. The molecule has 3 rings (SSSR count). The highest BCUT2D eigenvalue weighted by molar-refractivity contribution is 5.46. The highest BCUT2D eigenvalue weighted by Gasteiger charge is 2.42. The lowest BCUT2D eigenvalue weighted by atomic mass is 9.94. The number of ether oxygens (including phenoxy) is 2. The molecule has 0 atom stereocenters. The Labute approximate surface area is 108 Å². The maximum Gasteiger partial charge on any atom is 0.251 e. The molecule has 3 nitrogen and oxygen atoms in total. The maximum absolute atomic E-state index is 6.10. The number of nitrogens with two attached hydrogens (primary N) is 1. The van der Waals surface area contributed by atoms with E-state index in [-0.39, 0.29) is 5.79 Å². The van der Waals surface area contributed by atoms with Crippen LogP contribution in [0.3, 0.4) is 0 Å². The molecule has 0 unspecified atom stereocenters. The Balaban J connectivity index is 1.76. The van der Waals surface area contributed by atoms with Crippen molar-refractivity contribution < 1.29 is 9.47 Å². The summed E-state index contributed by atoms with van der Waals surface area (Å²) in [5, 5.41) is 0. The Bertz CT molecular complexity index is 425. The molecule has 1 aliphatic carbocycles. The largest absolute Gasteiger partial charge is 0.448 e. The summed E-state index contributed by atoms with van der Waals surface area (Å²) in [6, 6.07) is 6.29. The van der Waals surface area contributed by atoms with Gasteiger partial charge in [-0.25, -0.2) is 0 Å². The van der Waals surface area contributed by atoms with Crippen molar-refractivity contribution in [1.29, 1.82) is 0 Å². The van der Waals surface area contributed by atoms with Gasteiger partial charge < -0.3 is 15.2 Å². The van der Waals surface area contributed by atoms with Gasteiger partial charge in [0, 0.05) is 12.8 Å². The number of benzene rings is 1. The lowest BCUT2D eigenvalue weighted by Crippen LogP contribution is -2.40. The van der Waals surface area contributed by atoms with Crippen molar-refractivity contribution >= 4 is 0 Å². The first kappa shape index (κ1) is 11.8. The van der Waals surface area contributed by atoms with Gasteiger partial charge in [0.2, 0.25) is 0 Å². The highest BCUT2D eigenvalue weighted by atomic mass is 16.7. The zero-order valence-corrected chi connectivity index (χ0v) is 10.8. The van der Waals surface area contributed by atoms with Gasteiger partial charge in [-0.15, -0.1) is 0 Å². The monoisotopic (exact) mass is 247 g/mol. The predicted octanol–water partition coefficient (Wildman–Crippen LogP) is 3.01. The first-order valence-corrected chi connectivity index (χ1v) is 7.02. The van der Waals surface area contributed by atoms with Crippen LogP contribution in [-0.4, -0.2) is 12.3 Å². The van der Waals surface area contributed by atoms with Crippen LogP contribution in [0.15, 0.2) is 18.2 Å². The van der Waals surface area contributed by atoms with Crippen molar-refractivity contribution in [3.8, 4) is 11.5 Å². The van der Waals surface area contributed by atoms with Crippen LogP contribution >= 0.6 is 0 Å². The second-order valence-electron chi connectivity index (χ2n) is 5.35. The van der Waals surface area contributed by atoms with Crippen molar-refractivity contribution in [3.05, 3.63) is 23.8 Å². The summed E-state index contributed by atoms with van der Waals surface area (Å²) in [6.07, 6.45) is 7.76. The minimum atomic E-state index is -0.354. The molecule has 1 aromatic rings. The molecular formula is C15H21NO2. The Morgan fingerprint density at radius 2 is 1.83 bits per heavy atom. The minimum Gasteiger partial charge on any atom is -0.448 e. The molecule has 1 fully saturated rings. The SMILES string of the molecule is NCCCc1ccc2c(c1)OC1(CCCCC1)O2. The fourth-order valence-electron chi connectivity index (χ4n) is 2.89. The van der Waals surface area contributed by atoms with Crippen molar-refractivity contribution in [2.24, 2.45) is 5.73 Å². The molecule has 2 N–H and O–H groups in total. The number of hydrogen-bond donors (Lipinski definition) is 1. The van der Waals surface area contributed by atoms with E-state index in [0.29, 0.717) is 0 Å². The lowest BCUT2D eigenvalue weighted by molar-refractivity contribution is -0.105. The van der Waals surface area contributed by atoms with Crippen LogP contribution in [0, 0.1) is 0 Å². The molecule has 18 heavy (non-hydrogen) atoms. The summed E-state index contributed by atoms with van der Waals surface area (Å²) >= 11 is 0. The molecule has 0 aromatic heterocycles. The quantitative estimate of drug-likeness (QED) is 0.893. The zero-order valence-electron chi connectivity index (χ0n) is 10.8. The van der Waals surface area contributed by atoms with Gasteiger partial charge in [-0.1, -0.05) is 12.5 Å². The second-order valence-corrected chi connectivity index (χ2v) is 5.35. The van der Waals surface area contributed by atoms with E-state index in [2.05, 4.69) is 12.1 Å². The van der Waals surface area contributed by atoms with Crippen LogP contribution in [0.2, 0.25) is 0 Å². The molecule has 1 heterocycles. The summed E-state index contributed by atoms with van der Waals surface area (Å²) in [4.78, 5) is 0. The fourth-order valence-corrected chi connectivity index (χ4v) is 2.89. The van der Waals surface area contributed by atoms with Gasteiger partial charge in [-0.3, -0.25) is 0 Å². The summed E-state index contributed by atoms with van der Waals surface area (Å²) in [7, 11) is 0. The van der Waals surface area contributed by atoms with Crippen molar-refractivity contribution in [2.75, 3.05) is 6.54 Å². The number of rotatable bonds is 3. The molecule has 98 valence electrons. The zero-order chi connectivity index (χ0) is 12.4. The lowest BCUT2D eigenvalue weighted by Gasteiger charge is -2.31. The van der Waals surface area contributed by atoms with Crippen molar-refractivity contribution in [1.82, 2.24) is 0 Å². The van der Waals surface area contributed by atoms with E-state index in [4.69, 9.17) is 15.2 Å². The standard InChI is InChI=1S/C15H21NO2/c16-10-4-5-12-6-7-13-14(11-12)18-15(17-13)8-2-1-3-9-15/h6-7,11H,1-5,8-10,16H2. The Morgan fingerprint density at radius 1 is 1.06 bits per heavy atom. The molecule has 0 saturated heterocycles. The van der Waals surface area contributed by atoms with E-state index in [1.165, 1.54) is 24.8 Å². The van der Waals surface area contributed by atoms with E-state index < -0.39 is 0 Å². The Kier molecular flexibility index (Phi) is 3.16. The first-order chi connectivity index (χ1) is 8.81. The third kappa shape index (κ3) is 2.19. The van der Waals surface area contributed by atoms with Gasteiger partial charge in [0.15, 0.2) is 11.5 Å². The van der Waals surface area contributed by atoms with E-state index in [9.17, 15) is 0 Å². The third-order valence-electron chi connectivity index (χ3n) is 3.88. The summed E-state index contributed by atoms with van der Waals surface area (Å²) in [6.45, 7) is 0.735. The molecule has 1 aliphatic heterocycles. The molecule has 1 saturated carbocycles. The van der Waals surface area contributed by atoms with Crippen LogP contribution in [0.5, 0.6) is 11.5 Å². The molecule has 2 aliphatic rings. The molecule has 1 aromatic carbocycles. The molecule has 3 heteroatoms. The van der Waals surface area contributed by atoms with E-state index in [0.717, 1.165) is 43.7 Å². The van der Waals surface area contributed by atoms with Crippen LogP contribution in [0.25, 0.3) is 0 Å². The third-order valence-corrected chi connectivity index (χ3v) is 3.88. The average molecular weight is 247 g/mol. The summed E-state index contributed by atoms with van der Waals surface area (Å²) in [5.74, 6) is 1.48. The highest BCUT2D eigenvalue weighted by Crippen LogP contribution is 2.45. The first-order valence-electron chi connectivity index (χ1n) is 7.02. The van der Waals surface area contributed by atoms with Gasteiger partial charge in [-0.05, 0) is 49.9 Å². The summed E-state index contributed by atoms with van der Waals surface area (Å²) < 4.78 is 12.2. The molecular weight excluding hydrogens is 226 g/mol. The molecule has 0 amide bonds. The van der Waals surface area contributed by atoms with Gasteiger partial charge in [-0.2, -0.15) is 0 Å². The van der Waals surface area contributed by atoms with Crippen molar-refractivity contribution in [3.63, 3.8) is 0 Å². The van der Waals surface area contributed by atoms with Gasteiger partial charge in [0.25, 0.3) is 5.79 Å². The average Bonchev–Trinajstić information content (AvgIpc) is 2.73.